The number of nitrogens with one attached hydrogen (secondary N) is 3. The number of aryl methyl sites for hydroxylation is 1. The first-order valence-corrected chi connectivity index (χ1v) is 22.5. The number of alkyl carbamates (subject to hydrolysis) is 1. The summed E-state index contributed by atoms with van der Waals surface area (Å²) in [6.07, 6.45) is -5.85. The maximum absolute atomic E-state index is 14.9. The van der Waals surface area contributed by atoms with Gasteiger partial charge in [-0.25, -0.2) is 32.0 Å². The van der Waals surface area contributed by atoms with Crippen LogP contribution < -0.4 is 24.8 Å². The highest BCUT2D eigenvalue weighted by Crippen LogP contribution is 2.50. The second kappa shape index (κ2) is 16.5. The molecule has 4 amide bonds. The van der Waals surface area contributed by atoms with E-state index < -0.39 is 105 Å². The second-order valence-electron chi connectivity index (χ2n) is 18.7. The van der Waals surface area contributed by atoms with Gasteiger partial charge in [-0.05, 0) is 81.8 Å². The Labute approximate surface area is 356 Å². The van der Waals surface area contributed by atoms with Crippen molar-refractivity contribution in [1.29, 1.82) is 0 Å². The number of halogens is 5. The van der Waals surface area contributed by atoms with Gasteiger partial charge in [-0.3, -0.25) is 19.1 Å². The molecule has 3 N–H and O–H groups in total. The predicted molar refractivity (Wildman–Crippen MR) is 211 cm³/mol. The van der Waals surface area contributed by atoms with Gasteiger partial charge in [0.1, 0.15) is 41.3 Å². The van der Waals surface area contributed by atoms with Gasteiger partial charge in [0.2, 0.25) is 34.1 Å². The minimum Gasteiger partial charge on any atom is -0.484 e. The fraction of sp³-hybridized carbons (Fsp3) is 0.707. The zero-order valence-electron chi connectivity index (χ0n) is 35.2. The van der Waals surface area contributed by atoms with Crippen molar-refractivity contribution in [2.45, 2.75) is 146 Å². The standard InChI is InChI=1S/C41H53F5N6O9S/c1-6-23-29-19-52(30(23)33(53)50-40(18-24(40)32(42)43)36(55)51-62(57,58)39(5)14-15-39)35(54)31(38(2,3)4)49-37(56)61-28-16-21(28)10-8-7-9-11-26-34(60-29)48-27-17-22(12-13-25(27)47-26)59-20-41(44,45)46/h12-13,17,21,23-24,28-32H,6-11,14-16,18-20H2,1-5H3,(H,49,56)(H,50,53)(H,51,55)/t21?,23-,24+,28-,29+,30+,31-,40-/m1/s1. The van der Waals surface area contributed by atoms with Crippen LogP contribution in [0.1, 0.15) is 98.1 Å². The molecule has 15 nitrogen and oxygen atoms in total. The Balaban J connectivity index is 1.27. The third kappa shape index (κ3) is 9.51. The number of rotatable bonds is 9. The first-order valence-electron chi connectivity index (χ1n) is 21.1. The smallest absolute Gasteiger partial charge is 0.422 e. The molecule has 1 aromatic carbocycles. The fourth-order valence-corrected chi connectivity index (χ4v) is 9.85. The molecule has 8 atom stereocenters. The summed E-state index contributed by atoms with van der Waals surface area (Å²) < 4.78 is 112. The molecule has 3 aliphatic carbocycles. The molecule has 21 heteroatoms. The molecule has 3 saturated carbocycles. The zero-order valence-corrected chi connectivity index (χ0v) is 36.0. The molecular formula is C41H53F5N6O9S. The predicted octanol–water partition coefficient (Wildman–Crippen LogP) is 5.34. The Morgan fingerprint density at radius 3 is 2.40 bits per heavy atom. The number of amides is 4. The van der Waals surface area contributed by atoms with Crippen molar-refractivity contribution in [2.75, 3.05) is 13.2 Å². The van der Waals surface area contributed by atoms with E-state index in [-0.39, 0.29) is 55.0 Å². The summed E-state index contributed by atoms with van der Waals surface area (Å²) in [6.45, 7) is 6.35. The van der Waals surface area contributed by atoms with Crippen molar-refractivity contribution in [2.24, 2.45) is 23.2 Å². The van der Waals surface area contributed by atoms with Gasteiger partial charge in [0.15, 0.2) is 6.61 Å². The molecule has 1 unspecified atom stereocenters. The van der Waals surface area contributed by atoms with Crippen molar-refractivity contribution in [3.63, 3.8) is 0 Å². The van der Waals surface area contributed by atoms with Crippen LogP contribution in [0.4, 0.5) is 26.7 Å². The quantitative estimate of drug-likeness (QED) is 0.275. The Morgan fingerprint density at radius 1 is 1.05 bits per heavy atom. The van der Waals surface area contributed by atoms with E-state index in [0.717, 1.165) is 24.2 Å². The Hall–Kier alpha value is -4.56. The molecule has 7 rings (SSSR count). The summed E-state index contributed by atoms with van der Waals surface area (Å²) in [5.41, 5.74) is -2.39. The first kappa shape index (κ1) is 45.5. The highest BCUT2D eigenvalue weighted by atomic mass is 32.2. The lowest BCUT2D eigenvalue weighted by Gasteiger charge is -2.36. The van der Waals surface area contributed by atoms with Gasteiger partial charge in [0.25, 0.3) is 5.91 Å². The van der Waals surface area contributed by atoms with Gasteiger partial charge in [-0.15, -0.1) is 0 Å². The molecular weight excluding hydrogens is 848 g/mol. The monoisotopic (exact) mass is 900 g/mol. The maximum Gasteiger partial charge on any atom is 0.422 e. The molecule has 2 aliphatic heterocycles. The summed E-state index contributed by atoms with van der Waals surface area (Å²) in [5, 5.41) is 5.14. The van der Waals surface area contributed by atoms with Crippen LogP contribution in [0.3, 0.4) is 0 Å². The van der Waals surface area contributed by atoms with Crippen LogP contribution in [0.5, 0.6) is 11.6 Å². The number of benzene rings is 1. The van der Waals surface area contributed by atoms with Crippen molar-refractivity contribution in [3.05, 3.63) is 23.9 Å². The number of aromatic nitrogens is 2. The van der Waals surface area contributed by atoms with Crippen LogP contribution in [0.25, 0.3) is 11.0 Å². The zero-order chi connectivity index (χ0) is 45.2. The lowest BCUT2D eigenvalue weighted by Crippen LogP contribution is -2.61. The average Bonchev–Trinajstić information content (AvgIpc) is 4.13. The first-order chi connectivity index (χ1) is 28.9. The van der Waals surface area contributed by atoms with Crippen LogP contribution in [0.2, 0.25) is 0 Å². The number of carbonyl (C=O) groups is 4. The summed E-state index contributed by atoms with van der Waals surface area (Å²) in [5.74, 6) is -5.74. The van der Waals surface area contributed by atoms with Crippen LogP contribution in [0.15, 0.2) is 18.2 Å². The van der Waals surface area contributed by atoms with E-state index in [1.54, 1.807) is 27.7 Å². The highest BCUT2D eigenvalue weighted by Gasteiger charge is 2.68. The number of nitrogens with zero attached hydrogens (tertiary/aromatic N) is 3. The maximum atomic E-state index is 14.9. The molecule has 62 heavy (non-hydrogen) atoms. The second-order valence-corrected chi connectivity index (χ2v) is 20.9. The van der Waals surface area contributed by atoms with E-state index >= 15 is 0 Å². The molecule has 342 valence electrons. The van der Waals surface area contributed by atoms with Gasteiger partial charge in [0, 0.05) is 12.0 Å². The summed E-state index contributed by atoms with van der Waals surface area (Å²) in [4.78, 5) is 67.2. The minimum atomic E-state index is -4.60. The van der Waals surface area contributed by atoms with E-state index in [1.165, 1.54) is 25.1 Å². The van der Waals surface area contributed by atoms with Crippen LogP contribution in [-0.2, 0) is 35.6 Å². The Bertz CT molecular complexity index is 2200. The number of fused-ring (bicyclic) bond motifs is 5. The molecule has 2 bridgehead atoms. The number of sulfonamides is 1. The van der Waals surface area contributed by atoms with E-state index in [2.05, 4.69) is 15.6 Å². The van der Waals surface area contributed by atoms with Crippen LogP contribution >= 0.6 is 0 Å². The van der Waals surface area contributed by atoms with E-state index in [4.69, 9.17) is 19.2 Å². The van der Waals surface area contributed by atoms with Gasteiger partial charge in [0.05, 0.1) is 28.2 Å². The van der Waals surface area contributed by atoms with E-state index in [1.807, 2.05) is 4.72 Å². The number of hydrogen-bond donors (Lipinski definition) is 3. The van der Waals surface area contributed by atoms with Crippen LogP contribution in [-0.4, -0.2) is 107 Å². The van der Waals surface area contributed by atoms with Gasteiger partial charge >= 0.3 is 12.3 Å². The number of hydrogen-bond acceptors (Lipinski definition) is 11. The lowest BCUT2D eigenvalue weighted by atomic mass is 9.85. The normalized spacial score (nSPS) is 30.1. The summed E-state index contributed by atoms with van der Waals surface area (Å²) in [7, 11) is -4.30. The van der Waals surface area contributed by atoms with E-state index in [9.17, 15) is 49.5 Å². The third-order valence-electron chi connectivity index (χ3n) is 12.8. The molecule has 3 heterocycles. The minimum absolute atomic E-state index is 0.00518. The van der Waals surface area contributed by atoms with Crippen molar-refractivity contribution >= 4 is 44.9 Å². The van der Waals surface area contributed by atoms with Gasteiger partial charge < -0.3 is 29.7 Å². The Morgan fingerprint density at radius 2 is 1.77 bits per heavy atom. The number of carbonyl (C=O) groups excluding carboxylic acids is 4. The van der Waals surface area contributed by atoms with Crippen LogP contribution in [0, 0.1) is 23.2 Å². The fourth-order valence-electron chi connectivity index (χ4n) is 8.54. The Kier molecular flexibility index (Phi) is 12.1. The highest BCUT2D eigenvalue weighted by molar-refractivity contribution is 7.91. The topological polar surface area (TPSA) is 195 Å². The lowest BCUT2D eigenvalue weighted by molar-refractivity contribution is -0.153. The van der Waals surface area contributed by atoms with Crippen molar-refractivity contribution in [3.8, 4) is 11.6 Å². The molecule has 2 aromatic rings. The average molecular weight is 901 g/mol. The molecule has 0 radical (unpaired) electrons. The molecule has 5 aliphatic rings. The van der Waals surface area contributed by atoms with Gasteiger partial charge in [-0.1, -0.05) is 40.5 Å². The van der Waals surface area contributed by atoms with E-state index in [0.29, 0.717) is 30.5 Å². The number of alkyl halides is 5. The largest absolute Gasteiger partial charge is 0.484 e. The van der Waals surface area contributed by atoms with Crippen molar-refractivity contribution < 1.29 is 63.8 Å². The van der Waals surface area contributed by atoms with Crippen molar-refractivity contribution in [1.82, 2.24) is 30.2 Å². The number of ether oxygens (including phenoxy) is 3. The SMILES string of the molecule is CC[C@@H]1[C@@H]2CN(C(=O)[C@H](C(C)(C)C)NC(=O)O[C@@H]3CC3CCCCCc3nc4ccc(OCC(F)(F)F)cc4nc3O2)[C@@H]1C(=O)N[C@]1(C(=O)NS(=O)(=O)C2(C)CC2)C[C@H]1C(F)F. The summed E-state index contributed by atoms with van der Waals surface area (Å²) >= 11 is 0. The molecule has 1 aromatic heterocycles. The molecule has 4 fully saturated rings. The molecule has 1 saturated heterocycles. The van der Waals surface area contributed by atoms with Gasteiger partial charge in [-0.2, -0.15) is 13.2 Å². The third-order valence-corrected chi connectivity index (χ3v) is 15.0. The summed E-state index contributed by atoms with van der Waals surface area (Å²) in [6, 6.07) is 1.32. The molecule has 0 spiro atoms.